The highest BCUT2D eigenvalue weighted by Crippen LogP contribution is 2.30. The van der Waals surface area contributed by atoms with Crippen LogP contribution in [0.2, 0.25) is 0 Å². The maximum atomic E-state index is 12.9. The van der Waals surface area contributed by atoms with Crippen LogP contribution in [-0.4, -0.2) is 37.6 Å². The topological polar surface area (TPSA) is 81.7 Å². The monoisotopic (exact) mass is 451 g/mol. The summed E-state index contributed by atoms with van der Waals surface area (Å²) >= 11 is 0. The quantitative estimate of drug-likeness (QED) is 0.575. The van der Waals surface area contributed by atoms with Gasteiger partial charge in [-0.25, -0.2) is 0 Å². The van der Waals surface area contributed by atoms with Gasteiger partial charge in [-0.1, -0.05) is 54.6 Å². The van der Waals surface area contributed by atoms with E-state index in [-0.39, 0.29) is 42.1 Å². The van der Waals surface area contributed by atoms with Crippen LogP contribution in [0, 0.1) is 11.8 Å². The molecular weight excluding hydrogens is 418 g/mol. The molecule has 1 N–H and O–H groups in total. The molecule has 1 atom stereocenters. The number of hydrogen-bond acceptors (Lipinski definition) is 5. The highest BCUT2D eigenvalue weighted by molar-refractivity contribution is 5.81. The number of methoxy groups -OCH3 is 1. The number of ether oxygens (including phenoxy) is 2. The summed E-state index contributed by atoms with van der Waals surface area (Å²) in [6.45, 7) is 2.08. The highest BCUT2D eigenvalue weighted by atomic mass is 16.5. The van der Waals surface area contributed by atoms with Crippen molar-refractivity contribution in [2.24, 2.45) is 11.8 Å². The van der Waals surface area contributed by atoms with Crippen LogP contribution < -0.4 is 5.32 Å². The summed E-state index contributed by atoms with van der Waals surface area (Å²) in [6.07, 6.45) is 3.24. The van der Waals surface area contributed by atoms with Crippen molar-refractivity contribution in [2.45, 2.75) is 51.5 Å². The SMILES string of the molecule is CCOC(=O)C[C@@H](Cc1ccc(-c2ccccc2)cc1)NC(=O)[C@H]1CC[C@@H](C(=O)OC)CC1. The van der Waals surface area contributed by atoms with Gasteiger partial charge in [0.2, 0.25) is 5.91 Å². The molecule has 1 saturated carbocycles. The maximum absolute atomic E-state index is 12.9. The maximum Gasteiger partial charge on any atom is 0.308 e. The molecule has 6 nitrogen and oxygen atoms in total. The molecule has 2 aromatic rings. The van der Waals surface area contributed by atoms with Crippen LogP contribution in [0.15, 0.2) is 54.6 Å². The lowest BCUT2D eigenvalue weighted by atomic mass is 9.81. The van der Waals surface area contributed by atoms with Gasteiger partial charge in [-0.15, -0.1) is 0 Å². The Morgan fingerprint density at radius 1 is 0.909 bits per heavy atom. The van der Waals surface area contributed by atoms with Crippen molar-refractivity contribution in [3.63, 3.8) is 0 Å². The molecule has 0 heterocycles. The van der Waals surface area contributed by atoms with E-state index in [4.69, 9.17) is 9.47 Å². The summed E-state index contributed by atoms with van der Waals surface area (Å²) in [7, 11) is 1.40. The van der Waals surface area contributed by atoms with Crippen LogP contribution in [0.3, 0.4) is 0 Å². The van der Waals surface area contributed by atoms with Gasteiger partial charge in [-0.3, -0.25) is 14.4 Å². The first kappa shape index (κ1) is 24.5. The molecule has 33 heavy (non-hydrogen) atoms. The van der Waals surface area contributed by atoms with E-state index in [9.17, 15) is 14.4 Å². The number of amides is 1. The Balaban J connectivity index is 1.63. The number of hydrogen-bond donors (Lipinski definition) is 1. The minimum absolute atomic E-state index is 0.0616. The second-order valence-corrected chi connectivity index (χ2v) is 8.55. The molecule has 0 bridgehead atoms. The minimum Gasteiger partial charge on any atom is -0.469 e. The Morgan fingerprint density at radius 2 is 1.52 bits per heavy atom. The summed E-state index contributed by atoms with van der Waals surface area (Å²) in [5.41, 5.74) is 3.30. The second kappa shape index (κ2) is 12.2. The first-order valence-electron chi connectivity index (χ1n) is 11.7. The zero-order valence-corrected chi connectivity index (χ0v) is 19.4. The Hall–Kier alpha value is -3.15. The largest absolute Gasteiger partial charge is 0.469 e. The van der Waals surface area contributed by atoms with Gasteiger partial charge in [-0.05, 0) is 55.7 Å². The number of benzene rings is 2. The zero-order chi connectivity index (χ0) is 23.6. The fourth-order valence-corrected chi connectivity index (χ4v) is 4.42. The summed E-state index contributed by atoms with van der Waals surface area (Å²) in [5.74, 6) is -0.867. The van der Waals surface area contributed by atoms with E-state index in [2.05, 4.69) is 29.6 Å². The number of carbonyl (C=O) groups excluding carboxylic acids is 3. The standard InChI is InChI=1S/C27H33NO5/c1-3-33-25(29)18-24(28-26(30)22-13-15-23(16-14-22)27(31)32-2)17-19-9-11-21(12-10-19)20-7-5-4-6-8-20/h4-12,22-24H,3,13-18H2,1-2H3,(H,28,30)/t22-,23+,24-/m1/s1. The van der Waals surface area contributed by atoms with Crippen LogP contribution >= 0.6 is 0 Å². The van der Waals surface area contributed by atoms with Crippen LogP contribution in [0.4, 0.5) is 0 Å². The number of esters is 2. The van der Waals surface area contributed by atoms with Crippen molar-refractivity contribution in [3.8, 4) is 11.1 Å². The average molecular weight is 452 g/mol. The van der Waals surface area contributed by atoms with Crippen molar-refractivity contribution in [2.75, 3.05) is 13.7 Å². The normalized spacial score (nSPS) is 18.7. The van der Waals surface area contributed by atoms with Crippen LogP contribution in [0.5, 0.6) is 0 Å². The summed E-state index contributed by atoms with van der Waals surface area (Å²) in [5, 5.41) is 3.07. The zero-order valence-electron chi connectivity index (χ0n) is 19.4. The van der Waals surface area contributed by atoms with Gasteiger partial charge >= 0.3 is 11.9 Å². The predicted molar refractivity (Wildman–Crippen MR) is 126 cm³/mol. The third-order valence-corrected chi connectivity index (χ3v) is 6.24. The number of carbonyl (C=O) groups is 3. The van der Waals surface area contributed by atoms with E-state index in [1.165, 1.54) is 7.11 Å². The number of rotatable bonds is 9. The van der Waals surface area contributed by atoms with Crippen LogP contribution in [-0.2, 0) is 30.3 Å². The van der Waals surface area contributed by atoms with Crippen LogP contribution in [0.25, 0.3) is 11.1 Å². The second-order valence-electron chi connectivity index (χ2n) is 8.55. The lowest BCUT2D eigenvalue weighted by molar-refractivity contribution is -0.148. The highest BCUT2D eigenvalue weighted by Gasteiger charge is 2.31. The van der Waals surface area contributed by atoms with Gasteiger partial charge in [0.15, 0.2) is 0 Å². The molecule has 3 rings (SSSR count). The molecule has 2 aromatic carbocycles. The van der Waals surface area contributed by atoms with E-state index in [0.29, 0.717) is 38.7 Å². The van der Waals surface area contributed by atoms with Gasteiger partial charge in [0.1, 0.15) is 0 Å². The first-order valence-corrected chi connectivity index (χ1v) is 11.7. The third kappa shape index (κ3) is 7.17. The Morgan fingerprint density at radius 3 is 2.12 bits per heavy atom. The van der Waals surface area contributed by atoms with Gasteiger partial charge in [0, 0.05) is 12.0 Å². The van der Waals surface area contributed by atoms with Gasteiger partial charge < -0.3 is 14.8 Å². The van der Waals surface area contributed by atoms with Crippen molar-refractivity contribution < 1.29 is 23.9 Å². The van der Waals surface area contributed by atoms with Gasteiger partial charge in [0.25, 0.3) is 0 Å². The molecule has 1 aliphatic carbocycles. The van der Waals surface area contributed by atoms with Crippen LogP contribution in [0.1, 0.15) is 44.6 Å². The van der Waals surface area contributed by atoms with E-state index in [0.717, 1.165) is 16.7 Å². The first-order chi connectivity index (χ1) is 16.0. The summed E-state index contributed by atoms with van der Waals surface area (Å²) in [4.78, 5) is 36.9. The Labute approximate surface area is 195 Å². The molecule has 0 aromatic heterocycles. The molecule has 0 unspecified atom stereocenters. The fraction of sp³-hybridized carbons (Fsp3) is 0.444. The number of nitrogens with one attached hydrogen (secondary N) is 1. The molecule has 1 amide bonds. The molecule has 6 heteroatoms. The van der Waals surface area contributed by atoms with Gasteiger partial charge in [0.05, 0.1) is 26.1 Å². The molecule has 0 radical (unpaired) electrons. The summed E-state index contributed by atoms with van der Waals surface area (Å²) in [6, 6.07) is 18.0. The van der Waals surface area contributed by atoms with Crippen molar-refractivity contribution in [1.82, 2.24) is 5.32 Å². The van der Waals surface area contributed by atoms with E-state index in [1.807, 2.05) is 30.3 Å². The van der Waals surface area contributed by atoms with Crippen molar-refractivity contribution in [3.05, 3.63) is 60.2 Å². The lowest BCUT2D eigenvalue weighted by Crippen LogP contribution is -2.43. The predicted octanol–water partition coefficient (Wildman–Crippen LogP) is 4.31. The third-order valence-electron chi connectivity index (χ3n) is 6.24. The minimum atomic E-state index is -0.350. The Bertz CT molecular complexity index is 917. The van der Waals surface area contributed by atoms with Gasteiger partial charge in [-0.2, -0.15) is 0 Å². The van der Waals surface area contributed by atoms with E-state index >= 15 is 0 Å². The fourth-order valence-electron chi connectivity index (χ4n) is 4.42. The smallest absolute Gasteiger partial charge is 0.308 e. The molecule has 0 aliphatic heterocycles. The van der Waals surface area contributed by atoms with E-state index in [1.54, 1.807) is 6.92 Å². The molecular formula is C27H33NO5. The molecule has 176 valence electrons. The molecule has 0 spiro atoms. The van der Waals surface area contributed by atoms with Crippen molar-refractivity contribution in [1.29, 1.82) is 0 Å². The molecule has 0 saturated heterocycles. The summed E-state index contributed by atoms with van der Waals surface area (Å²) < 4.78 is 9.95. The van der Waals surface area contributed by atoms with Crippen molar-refractivity contribution >= 4 is 17.8 Å². The Kier molecular flexibility index (Phi) is 9.04. The molecule has 1 fully saturated rings. The molecule has 1 aliphatic rings. The lowest BCUT2D eigenvalue weighted by Gasteiger charge is -2.28. The van der Waals surface area contributed by atoms with E-state index < -0.39 is 0 Å². The average Bonchev–Trinajstić information content (AvgIpc) is 2.84.